The molecular formula is C34H35F2N5O5. The Kier molecular flexibility index (Phi) is 10.5. The van der Waals surface area contributed by atoms with Gasteiger partial charge in [0.2, 0.25) is 11.6 Å². The summed E-state index contributed by atoms with van der Waals surface area (Å²) in [7, 11) is 0. The zero-order valence-corrected chi connectivity index (χ0v) is 25.8. The predicted molar refractivity (Wildman–Crippen MR) is 170 cm³/mol. The summed E-state index contributed by atoms with van der Waals surface area (Å²) in [6.45, 7) is 7.33. The van der Waals surface area contributed by atoms with Crippen molar-refractivity contribution in [2.75, 3.05) is 11.4 Å². The number of amides is 1. The fourth-order valence-electron chi connectivity index (χ4n) is 4.90. The second kappa shape index (κ2) is 14.5. The van der Waals surface area contributed by atoms with Crippen LogP contribution >= 0.6 is 0 Å². The minimum atomic E-state index is -1.44. The molecule has 0 aliphatic carbocycles. The Morgan fingerprint density at radius 3 is 2.17 bits per heavy atom. The first-order valence-corrected chi connectivity index (χ1v) is 14.5. The van der Waals surface area contributed by atoms with Gasteiger partial charge in [0.25, 0.3) is 17.7 Å². The number of benzene rings is 3. The highest BCUT2D eigenvalue weighted by Crippen LogP contribution is 2.40. The molecule has 10 nitrogen and oxygen atoms in total. The molecule has 5 N–H and O–H groups in total. The number of aromatic carboxylic acids is 1. The minimum absolute atomic E-state index is 0.0474. The molecule has 0 unspecified atom stereocenters. The molecule has 4 aromatic rings. The summed E-state index contributed by atoms with van der Waals surface area (Å²) < 4.78 is 43.5. The van der Waals surface area contributed by atoms with Gasteiger partial charge in [0, 0.05) is 29.8 Å². The zero-order chi connectivity index (χ0) is 33.5. The van der Waals surface area contributed by atoms with Gasteiger partial charge in [-0.1, -0.05) is 42.5 Å². The molecule has 0 aliphatic heterocycles. The molecule has 240 valence electrons. The van der Waals surface area contributed by atoms with Gasteiger partial charge in [-0.2, -0.15) is 13.8 Å². The Morgan fingerprint density at radius 1 is 0.913 bits per heavy atom. The SMILES string of the molecule is CC(C)N(c1c(F)c(Oc2cccc(C(=N)N)c2)nc(Oc2ccc(C(=O)NCCc3ccccc3)cc2C(=O)O)c1F)C(C)C. The number of nitrogen functional groups attached to an aromatic ring is 1. The van der Waals surface area contributed by atoms with Crippen LogP contribution in [0.4, 0.5) is 14.5 Å². The van der Waals surface area contributed by atoms with Crippen molar-refractivity contribution in [3.63, 3.8) is 0 Å². The first-order valence-electron chi connectivity index (χ1n) is 14.5. The molecule has 0 bridgehead atoms. The van der Waals surface area contributed by atoms with E-state index in [1.165, 1.54) is 29.2 Å². The predicted octanol–water partition coefficient (Wildman–Crippen LogP) is 6.52. The van der Waals surface area contributed by atoms with Crippen LogP contribution in [0.15, 0.2) is 72.8 Å². The molecule has 12 heteroatoms. The summed E-state index contributed by atoms with van der Waals surface area (Å²) in [4.78, 5) is 30.4. The highest BCUT2D eigenvalue weighted by molar-refractivity contribution is 5.99. The second-order valence-corrected chi connectivity index (χ2v) is 10.9. The lowest BCUT2D eigenvalue weighted by Crippen LogP contribution is -2.38. The fourth-order valence-corrected chi connectivity index (χ4v) is 4.90. The van der Waals surface area contributed by atoms with Gasteiger partial charge in [-0.3, -0.25) is 10.2 Å². The second-order valence-electron chi connectivity index (χ2n) is 10.9. The molecule has 0 radical (unpaired) electrons. The number of anilines is 1. The Bertz CT molecular complexity index is 1740. The topological polar surface area (TPSA) is 151 Å². The lowest BCUT2D eigenvalue weighted by Gasteiger charge is -2.33. The summed E-state index contributed by atoms with van der Waals surface area (Å²) in [6, 6.07) is 18.4. The molecule has 0 fully saturated rings. The van der Waals surface area contributed by atoms with E-state index < -0.39 is 46.5 Å². The first kappa shape index (κ1) is 33.4. The molecule has 0 atom stereocenters. The maximum Gasteiger partial charge on any atom is 0.339 e. The van der Waals surface area contributed by atoms with Crippen LogP contribution in [0.1, 0.15) is 59.5 Å². The van der Waals surface area contributed by atoms with E-state index in [0.29, 0.717) is 18.5 Å². The average molecular weight is 632 g/mol. The molecule has 0 aliphatic rings. The van der Waals surface area contributed by atoms with E-state index in [0.717, 1.165) is 11.6 Å². The third-order valence-corrected chi connectivity index (χ3v) is 6.95. The van der Waals surface area contributed by atoms with E-state index >= 15 is 8.78 Å². The van der Waals surface area contributed by atoms with Gasteiger partial charge in [-0.05, 0) is 70.0 Å². The van der Waals surface area contributed by atoms with Crippen molar-refractivity contribution >= 4 is 23.4 Å². The van der Waals surface area contributed by atoms with Crippen molar-refractivity contribution < 1.29 is 33.0 Å². The number of nitrogens with one attached hydrogen (secondary N) is 2. The lowest BCUT2D eigenvalue weighted by atomic mass is 10.1. The minimum Gasteiger partial charge on any atom is -0.478 e. The summed E-state index contributed by atoms with van der Waals surface area (Å²) in [6.07, 6.45) is 0.574. The lowest BCUT2D eigenvalue weighted by molar-refractivity contribution is 0.0694. The number of hydrogen-bond acceptors (Lipinski definition) is 7. The molecule has 1 heterocycles. The van der Waals surface area contributed by atoms with Gasteiger partial charge in [0.05, 0.1) is 0 Å². The Hall–Kier alpha value is -5.52. The number of carboxylic acid groups (broad SMARTS) is 1. The van der Waals surface area contributed by atoms with Crippen molar-refractivity contribution in [1.82, 2.24) is 10.3 Å². The van der Waals surface area contributed by atoms with Gasteiger partial charge in [-0.15, -0.1) is 0 Å². The van der Waals surface area contributed by atoms with Gasteiger partial charge >= 0.3 is 5.97 Å². The number of rotatable bonds is 13. The van der Waals surface area contributed by atoms with E-state index in [9.17, 15) is 14.7 Å². The van der Waals surface area contributed by atoms with Gasteiger partial charge in [0.15, 0.2) is 0 Å². The standard InChI is InChI=1S/C34H35F2N5O5/c1-19(2)41(20(3)4)29-27(35)32(45-24-12-8-11-22(17-24)30(37)38)40-33(28(29)36)46-26-14-13-23(18-25(26)34(43)44)31(42)39-16-15-21-9-6-5-7-10-21/h5-14,17-20H,15-16H2,1-4H3,(H3,37,38)(H,39,42)(H,43,44). The number of carboxylic acids is 1. The zero-order valence-electron chi connectivity index (χ0n) is 25.8. The van der Waals surface area contributed by atoms with Crippen LogP contribution in [0.5, 0.6) is 23.3 Å². The largest absolute Gasteiger partial charge is 0.478 e. The molecule has 46 heavy (non-hydrogen) atoms. The first-order chi connectivity index (χ1) is 21.9. The quantitative estimate of drug-likeness (QED) is 0.0962. The molecule has 3 aromatic carbocycles. The average Bonchev–Trinajstić information content (AvgIpc) is 3.01. The Labute approximate surface area is 265 Å². The maximum absolute atomic E-state index is 16.1. The third-order valence-electron chi connectivity index (χ3n) is 6.95. The van der Waals surface area contributed by atoms with Crippen molar-refractivity contribution in [2.45, 2.75) is 46.2 Å². The van der Waals surface area contributed by atoms with Crippen molar-refractivity contribution in [3.8, 4) is 23.3 Å². The van der Waals surface area contributed by atoms with E-state index in [2.05, 4.69) is 10.3 Å². The number of nitrogens with two attached hydrogens (primary N) is 1. The van der Waals surface area contributed by atoms with Crippen LogP contribution in [-0.2, 0) is 6.42 Å². The number of halogens is 2. The number of amidine groups is 1. The van der Waals surface area contributed by atoms with Crippen LogP contribution in [0, 0.1) is 17.0 Å². The van der Waals surface area contributed by atoms with Crippen LogP contribution in [-0.4, -0.2) is 46.4 Å². The number of aromatic nitrogens is 1. The van der Waals surface area contributed by atoms with Gasteiger partial charge in [-0.25, -0.2) is 4.79 Å². The van der Waals surface area contributed by atoms with Crippen LogP contribution in [0.3, 0.4) is 0 Å². The van der Waals surface area contributed by atoms with E-state index in [4.69, 9.17) is 20.6 Å². The third kappa shape index (κ3) is 7.76. The Balaban J connectivity index is 1.71. The number of pyridine rings is 1. The number of hydrogen-bond donors (Lipinski definition) is 4. The molecule has 4 rings (SSSR count). The van der Waals surface area contributed by atoms with Crippen LogP contribution in [0.2, 0.25) is 0 Å². The van der Waals surface area contributed by atoms with E-state index in [-0.39, 0.29) is 35.0 Å². The monoisotopic (exact) mass is 631 g/mol. The molecule has 1 aromatic heterocycles. The van der Waals surface area contributed by atoms with Gasteiger partial charge < -0.3 is 30.5 Å². The summed E-state index contributed by atoms with van der Waals surface area (Å²) in [5.74, 6) is -6.15. The van der Waals surface area contributed by atoms with Crippen LogP contribution in [0.25, 0.3) is 0 Å². The number of carbonyl (C=O) groups is 2. The summed E-state index contributed by atoms with van der Waals surface area (Å²) in [5, 5.41) is 20.4. The Morgan fingerprint density at radius 2 is 1.57 bits per heavy atom. The highest BCUT2D eigenvalue weighted by atomic mass is 19.1. The van der Waals surface area contributed by atoms with Crippen molar-refractivity contribution in [1.29, 1.82) is 5.41 Å². The van der Waals surface area contributed by atoms with E-state index in [1.54, 1.807) is 39.8 Å². The maximum atomic E-state index is 16.1. The number of ether oxygens (including phenoxy) is 2. The fraction of sp³-hybridized carbons (Fsp3) is 0.235. The normalized spacial score (nSPS) is 11.0. The smallest absolute Gasteiger partial charge is 0.339 e. The summed E-state index contributed by atoms with van der Waals surface area (Å²) >= 11 is 0. The number of carbonyl (C=O) groups excluding carboxylic acids is 1. The van der Waals surface area contributed by atoms with Gasteiger partial charge in [0.1, 0.15) is 28.6 Å². The van der Waals surface area contributed by atoms with Crippen LogP contribution < -0.4 is 25.4 Å². The molecular weight excluding hydrogens is 596 g/mol. The van der Waals surface area contributed by atoms with Crippen molar-refractivity contribution in [2.24, 2.45) is 5.73 Å². The highest BCUT2D eigenvalue weighted by Gasteiger charge is 2.31. The molecule has 1 amide bonds. The van der Waals surface area contributed by atoms with E-state index in [1.807, 2.05) is 30.3 Å². The summed E-state index contributed by atoms with van der Waals surface area (Å²) in [5.41, 5.74) is 6.02. The number of nitrogens with zero attached hydrogens (tertiary/aromatic N) is 2. The van der Waals surface area contributed by atoms with Crippen molar-refractivity contribution in [3.05, 3.63) is 107 Å². The molecule has 0 spiro atoms. The molecule has 0 saturated carbocycles. The molecule has 0 saturated heterocycles.